The van der Waals surface area contributed by atoms with Crippen LogP contribution in [-0.4, -0.2) is 16.2 Å². The molecule has 0 atom stereocenters. The van der Waals surface area contributed by atoms with E-state index < -0.39 is 0 Å². The van der Waals surface area contributed by atoms with Crippen molar-refractivity contribution in [2.45, 2.75) is 59.5 Å². The second-order valence-corrected chi connectivity index (χ2v) is 6.82. The van der Waals surface area contributed by atoms with E-state index in [9.17, 15) is 0 Å². The highest BCUT2D eigenvalue weighted by Gasteiger charge is 2.22. The van der Waals surface area contributed by atoms with E-state index in [0.717, 1.165) is 5.82 Å². The fraction of sp³-hybridized carbons (Fsp3) is 0.529. The Morgan fingerprint density at radius 2 is 1.76 bits per heavy atom. The fourth-order valence-corrected chi connectivity index (χ4v) is 2.08. The number of rotatable bonds is 4. The van der Waals surface area contributed by atoms with Gasteiger partial charge in [-0.2, -0.15) is 4.98 Å². The first-order chi connectivity index (χ1) is 9.77. The molecule has 0 amide bonds. The summed E-state index contributed by atoms with van der Waals surface area (Å²) in [5, 5.41) is 4.09. The van der Waals surface area contributed by atoms with Gasteiger partial charge in [0.25, 0.3) is 0 Å². The van der Waals surface area contributed by atoms with Gasteiger partial charge in [0.15, 0.2) is 5.82 Å². The number of hydrogen-bond acceptors (Lipinski definition) is 4. The molecule has 4 nitrogen and oxygen atoms in total. The van der Waals surface area contributed by atoms with Gasteiger partial charge < -0.3 is 9.42 Å². The predicted octanol–water partition coefficient (Wildman–Crippen LogP) is 4.09. The zero-order valence-corrected chi connectivity index (χ0v) is 13.8. The van der Waals surface area contributed by atoms with Gasteiger partial charge in [-0.15, -0.1) is 0 Å². The Hall–Kier alpha value is -1.84. The maximum absolute atomic E-state index is 5.41. The minimum atomic E-state index is -0.0890. The largest absolute Gasteiger partial charge is 0.360 e. The van der Waals surface area contributed by atoms with Gasteiger partial charge in [0.2, 0.25) is 5.89 Å². The van der Waals surface area contributed by atoms with E-state index in [4.69, 9.17) is 4.52 Å². The van der Waals surface area contributed by atoms with Crippen molar-refractivity contribution < 1.29 is 4.52 Å². The van der Waals surface area contributed by atoms with Crippen molar-refractivity contribution in [3.05, 3.63) is 41.5 Å². The molecule has 0 saturated heterocycles. The molecule has 0 radical (unpaired) electrons. The van der Waals surface area contributed by atoms with Crippen molar-refractivity contribution in [3.8, 4) is 0 Å². The molecule has 2 rings (SSSR count). The maximum Gasteiger partial charge on any atom is 0.246 e. The number of aromatic nitrogens is 2. The highest BCUT2D eigenvalue weighted by molar-refractivity contribution is 5.48. The Kier molecular flexibility index (Phi) is 4.35. The zero-order valence-electron chi connectivity index (χ0n) is 13.8. The summed E-state index contributed by atoms with van der Waals surface area (Å²) < 4.78 is 5.41. The standard InChI is InChI=1S/C17H25N3O/c1-12(2)20(14-9-7-13(3)8-10-14)11-15-18-16(19-21-15)17(4,5)6/h7-10,12H,11H2,1-6H3. The van der Waals surface area contributed by atoms with E-state index >= 15 is 0 Å². The number of benzene rings is 1. The lowest BCUT2D eigenvalue weighted by atomic mass is 9.96. The Morgan fingerprint density at radius 1 is 1.14 bits per heavy atom. The molecular formula is C17H25N3O. The van der Waals surface area contributed by atoms with Gasteiger partial charge in [0.1, 0.15) is 0 Å². The van der Waals surface area contributed by atoms with Crippen LogP contribution in [0.4, 0.5) is 5.69 Å². The molecule has 0 aliphatic rings. The van der Waals surface area contributed by atoms with Crippen LogP contribution < -0.4 is 4.90 Å². The van der Waals surface area contributed by atoms with Crippen LogP contribution in [-0.2, 0) is 12.0 Å². The molecule has 4 heteroatoms. The minimum absolute atomic E-state index is 0.0890. The molecule has 1 aromatic carbocycles. The summed E-state index contributed by atoms with van der Waals surface area (Å²) in [5.74, 6) is 1.42. The van der Waals surface area contributed by atoms with Crippen molar-refractivity contribution in [1.29, 1.82) is 0 Å². The lowest BCUT2D eigenvalue weighted by Crippen LogP contribution is -2.30. The van der Waals surface area contributed by atoms with Crippen LogP contribution >= 0.6 is 0 Å². The quantitative estimate of drug-likeness (QED) is 0.849. The molecule has 0 fully saturated rings. The number of hydrogen-bond donors (Lipinski definition) is 0. The van der Waals surface area contributed by atoms with Crippen LogP contribution in [0.1, 0.15) is 51.9 Å². The molecule has 0 unspecified atom stereocenters. The monoisotopic (exact) mass is 287 g/mol. The molecule has 0 bridgehead atoms. The van der Waals surface area contributed by atoms with Gasteiger partial charge in [-0.05, 0) is 32.9 Å². The van der Waals surface area contributed by atoms with Crippen molar-refractivity contribution in [2.75, 3.05) is 4.90 Å². The molecule has 0 N–H and O–H groups in total. The number of nitrogens with zero attached hydrogens (tertiary/aromatic N) is 3. The molecule has 2 aromatic rings. The zero-order chi connectivity index (χ0) is 15.6. The average molecular weight is 287 g/mol. The second-order valence-electron chi connectivity index (χ2n) is 6.82. The summed E-state index contributed by atoms with van der Waals surface area (Å²) in [7, 11) is 0. The highest BCUT2D eigenvalue weighted by atomic mass is 16.5. The van der Waals surface area contributed by atoms with E-state index in [1.54, 1.807) is 0 Å². The summed E-state index contributed by atoms with van der Waals surface area (Å²) in [6, 6.07) is 8.88. The van der Waals surface area contributed by atoms with Crippen LogP contribution in [0.25, 0.3) is 0 Å². The van der Waals surface area contributed by atoms with E-state index in [-0.39, 0.29) is 5.41 Å². The summed E-state index contributed by atoms with van der Waals surface area (Å²) in [4.78, 5) is 6.79. The SMILES string of the molecule is Cc1ccc(N(Cc2nc(C(C)(C)C)no2)C(C)C)cc1. The number of aryl methyl sites for hydroxylation is 1. The first-order valence-corrected chi connectivity index (χ1v) is 7.44. The first kappa shape index (κ1) is 15.5. The maximum atomic E-state index is 5.41. The molecule has 0 spiro atoms. The third-order valence-electron chi connectivity index (χ3n) is 3.43. The van der Waals surface area contributed by atoms with Crippen LogP contribution in [0.5, 0.6) is 0 Å². The molecule has 0 saturated carbocycles. The van der Waals surface area contributed by atoms with Crippen molar-refractivity contribution in [1.82, 2.24) is 10.1 Å². The Bertz CT molecular complexity index is 579. The average Bonchev–Trinajstić information content (AvgIpc) is 2.85. The summed E-state index contributed by atoms with van der Waals surface area (Å²) in [6.45, 7) is 13.3. The molecule has 1 aromatic heterocycles. The number of anilines is 1. The van der Waals surface area contributed by atoms with Crippen LogP contribution in [0, 0.1) is 6.92 Å². The topological polar surface area (TPSA) is 42.2 Å². The lowest BCUT2D eigenvalue weighted by Gasteiger charge is -2.27. The van der Waals surface area contributed by atoms with Gasteiger partial charge in [0.05, 0.1) is 6.54 Å². The predicted molar refractivity (Wildman–Crippen MR) is 85.5 cm³/mol. The third kappa shape index (κ3) is 3.84. The van der Waals surface area contributed by atoms with E-state index in [0.29, 0.717) is 18.5 Å². The van der Waals surface area contributed by atoms with Crippen LogP contribution in [0.15, 0.2) is 28.8 Å². The smallest absolute Gasteiger partial charge is 0.246 e. The van der Waals surface area contributed by atoms with E-state index in [1.807, 2.05) is 0 Å². The summed E-state index contributed by atoms with van der Waals surface area (Å²) >= 11 is 0. The van der Waals surface area contributed by atoms with Gasteiger partial charge in [-0.25, -0.2) is 0 Å². The molecule has 21 heavy (non-hydrogen) atoms. The van der Waals surface area contributed by atoms with Crippen LogP contribution in [0.3, 0.4) is 0 Å². The van der Waals surface area contributed by atoms with Gasteiger partial charge in [-0.1, -0.05) is 43.6 Å². The van der Waals surface area contributed by atoms with E-state index in [1.165, 1.54) is 11.3 Å². The summed E-state index contributed by atoms with van der Waals surface area (Å²) in [5.41, 5.74) is 2.34. The Labute approximate surface area is 127 Å². The highest BCUT2D eigenvalue weighted by Crippen LogP contribution is 2.22. The molecule has 0 aliphatic heterocycles. The summed E-state index contributed by atoms with van der Waals surface area (Å²) in [6.07, 6.45) is 0. The Morgan fingerprint density at radius 3 is 2.24 bits per heavy atom. The van der Waals surface area contributed by atoms with Crippen molar-refractivity contribution >= 4 is 5.69 Å². The lowest BCUT2D eigenvalue weighted by molar-refractivity contribution is 0.359. The minimum Gasteiger partial charge on any atom is -0.360 e. The third-order valence-corrected chi connectivity index (χ3v) is 3.43. The van der Waals surface area contributed by atoms with Crippen LogP contribution in [0.2, 0.25) is 0 Å². The molecular weight excluding hydrogens is 262 g/mol. The van der Waals surface area contributed by atoms with Gasteiger partial charge in [0, 0.05) is 17.1 Å². The fourth-order valence-electron chi connectivity index (χ4n) is 2.08. The van der Waals surface area contributed by atoms with E-state index in [2.05, 4.69) is 80.8 Å². The van der Waals surface area contributed by atoms with Gasteiger partial charge >= 0.3 is 0 Å². The van der Waals surface area contributed by atoms with Crippen molar-refractivity contribution in [3.63, 3.8) is 0 Å². The molecule has 114 valence electrons. The molecule has 0 aliphatic carbocycles. The van der Waals surface area contributed by atoms with Crippen molar-refractivity contribution in [2.24, 2.45) is 0 Å². The van der Waals surface area contributed by atoms with Gasteiger partial charge in [-0.3, -0.25) is 0 Å². The second kappa shape index (κ2) is 5.88. The molecule has 1 heterocycles. The normalized spacial score (nSPS) is 12.0. The first-order valence-electron chi connectivity index (χ1n) is 7.44. The Balaban J connectivity index is 2.21.